The molecular formula is C18H21FN2O3S. The average Bonchev–Trinajstić information content (AvgIpc) is 2.54. The van der Waals surface area contributed by atoms with Crippen molar-refractivity contribution in [1.82, 2.24) is 5.32 Å². The van der Waals surface area contributed by atoms with Gasteiger partial charge in [0.1, 0.15) is 5.82 Å². The minimum absolute atomic E-state index is 0.101. The standard InChI is InChI=1S/C18H21FN2O3S/c1-12(2)11-20-18(22)15-10-14(9-8-13(15)3)25(23,24)21-17-7-5-4-6-16(17)19/h4-10,12,21H,11H2,1-3H3,(H,20,22). The molecule has 0 spiro atoms. The van der Waals surface area contributed by atoms with Crippen molar-refractivity contribution in [3.05, 3.63) is 59.4 Å². The molecule has 0 fully saturated rings. The summed E-state index contributed by atoms with van der Waals surface area (Å²) in [6.07, 6.45) is 0. The lowest BCUT2D eigenvalue weighted by Crippen LogP contribution is -2.28. The molecule has 0 aliphatic rings. The number of hydrogen-bond donors (Lipinski definition) is 2. The first-order valence-corrected chi connectivity index (χ1v) is 9.35. The number of para-hydroxylation sites is 1. The second kappa shape index (κ2) is 7.65. The van der Waals surface area contributed by atoms with Gasteiger partial charge in [0.25, 0.3) is 15.9 Å². The Labute approximate surface area is 147 Å². The van der Waals surface area contributed by atoms with Crippen molar-refractivity contribution in [2.75, 3.05) is 11.3 Å². The van der Waals surface area contributed by atoms with Crippen LogP contribution in [0.3, 0.4) is 0 Å². The number of aryl methyl sites for hydroxylation is 1. The molecule has 0 saturated carbocycles. The van der Waals surface area contributed by atoms with Gasteiger partial charge in [-0.15, -0.1) is 0 Å². The summed E-state index contributed by atoms with van der Waals surface area (Å²) in [5.41, 5.74) is 0.789. The zero-order valence-corrected chi connectivity index (χ0v) is 15.2. The quantitative estimate of drug-likeness (QED) is 0.826. The van der Waals surface area contributed by atoms with E-state index in [-0.39, 0.29) is 28.0 Å². The van der Waals surface area contributed by atoms with Gasteiger partial charge in [0.2, 0.25) is 0 Å². The topological polar surface area (TPSA) is 75.3 Å². The lowest BCUT2D eigenvalue weighted by Gasteiger charge is -2.13. The number of nitrogens with one attached hydrogen (secondary N) is 2. The van der Waals surface area contributed by atoms with Crippen LogP contribution < -0.4 is 10.0 Å². The Balaban J connectivity index is 2.31. The third-order valence-electron chi connectivity index (χ3n) is 3.55. The van der Waals surface area contributed by atoms with Gasteiger partial charge < -0.3 is 5.32 Å². The number of sulfonamides is 1. The Kier molecular flexibility index (Phi) is 5.79. The van der Waals surface area contributed by atoms with Crippen molar-refractivity contribution in [3.8, 4) is 0 Å². The highest BCUT2D eigenvalue weighted by Crippen LogP contribution is 2.21. The SMILES string of the molecule is Cc1ccc(S(=O)(=O)Nc2ccccc2F)cc1C(=O)NCC(C)C. The van der Waals surface area contributed by atoms with Gasteiger partial charge in [0.05, 0.1) is 10.6 Å². The molecule has 7 heteroatoms. The van der Waals surface area contributed by atoms with Gasteiger partial charge in [-0.25, -0.2) is 12.8 Å². The molecule has 0 bridgehead atoms. The van der Waals surface area contributed by atoms with Crippen LogP contribution in [0.5, 0.6) is 0 Å². The van der Waals surface area contributed by atoms with Crippen LogP contribution in [-0.4, -0.2) is 20.9 Å². The summed E-state index contributed by atoms with van der Waals surface area (Å²) in [5.74, 6) is -0.735. The molecule has 2 aromatic carbocycles. The van der Waals surface area contributed by atoms with Crippen LogP contribution in [0.25, 0.3) is 0 Å². The van der Waals surface area contributed by atoms with Gasteiger partial charge >= 0.3 is 0 Å². The maximum absolute atomic E-state index is 13.7. The largest absolute Gasteiger partial charge is 0.352 e. The number of hydrogen-bond acceptors (Lipinski definition) is 3. The van der Waals surface area contributed by atoms with E-state index in [2.05, 4.69) is 10.0 Å². The van der Waals surface area contributed by atoms with Crippen LogP contribution >= 0.6 is 0 Å². The fourth-order valence-electron chi connectivity index (χ4n) is 2.15. The predicted molar refractivity (Wildman–Crippen MR) is 95.6 cm³/mol. The Morgan fingerprint density at radius 3 is 2.48 bits per heavy atom. The van der Waals surface area contributed by atoms with Gasteiger partial charge in [0.15, 0.2) is 0 Å². The van der Waals surface area contributed by atoms with E-state index >= 15 is 0 Å². The minimum atomic E-state index is -4.01. The molecule has 0 radical (unpaired) electrons. The molecule has 2 N–H and O–H groups in total. The number of amides is 1. The van der Waals surface area contributed by atoms with Crippen LogP contribution in [0.15, 0.2) is 47.4 Å². The third-order valence-corrected chi connectivity index (χ3v) is 4.92. The summed E-state index contributed by atoms with van der Waals surface area (Å²) in [4.78, 5) is 12.2. The minimum Gasteiger partial charge on any atom is -0.352 e. The average molecular weight is 364 g/mol. The molecule has 0 saturated heterocycles. The van der Waals surface area contributed by atoms with Gasteiger partial charge in [-0.05, 0) is 42.7 Å². The third kappa shape index (κ3) is 4.79. The molecule has 25 heavy (non-hydrogen) atoms. The Morgan fingerprint density at radius 1 is 1.16 bits per heavy atom. The van der Waals surface area contributed by atoms with E-state index in [0.717, 1.165) is 6.07 Å². The summed E-state index contributed by atoms with van der Waals surface area (Å²) in [6.45, 7) is 6.15. The maximum Gasteiger partial charge on any atom is 0.262 e. The lowest BCUT2D eigenvalue weighted by molar-refractivity contribution is 0.0948. The maximum atomic E-state index is 13.7. The van der Waals surface area contributed by atoms with E-state index in [4.69, 9.17) is 0 Å². The summed E-state index contributed by atoms with van der Waals surface area (Å²) in [7, 11) is -4.01. The molecule has 2 aromatic rings. The van der Waals surface area contributed by atoms with E-state index in [1.807, 2.05) is 13.8 Å². The van der Waals surface area contributed by atoms with Crippen LogP contribution in [0.2, 0.25) is 0 Å². The Morgan fingerprint density at radius 2 is 1.84 bits per heavy atom. The van der Waals surface area contributed by atoms with Crippen molar-refractivity contribution in [3.63, 3.8) is 0 Å². The molecule has 0 aromatic heterocycles. The highest BCUT2D eigenvalue weighted by Gasteiger charge is 2.19. The first-order chi connectivity index (χ1) is 11.7. The van der Waals surface area contributed by atoms with Gasteiger partial charge in [-0.2, -0.15) is 0 Å². The molecule has 1 amide bonds. The fraction of sp³-hybridized carbons (Fsp3) is 0.278. The molecular weight excluding hydrogens is 343 g/mol. The second-order valence-corrected chi connectivity index (χ2v) is 7.85. The lowest BCUT2D eigenvalue weighted by atomic mass is 10.1. The van der Waals surface area contributed by atoms with Crippen molar-refractivity contribution in [2.45, 2.75) is 25.7 Å². The normalized spacial score (nSPS) is 11.4. The molecule has 0 aliphatic carbocycles. The van der Waals surface area contributed by atoms with Crippen molar-refractivity contribution in [1.29, 1.82) is 0 Å². The van der Waals surface area contributed by atoms with E-state index in [9.17, 15) is 17.6 Å². The predicted octanol–water partition coefficient (Wildman–Crippen LogP) is 3.32. The number of benzene rings is 2. The van der Waals surface area contributed by atoms with E-state index in [0.29, 0.717) is 12.1 Å². The summed E-state index contributed by atoms with van der Waals surface area (Å²) in [5, 5.41) is 2.76. The monoisotopic (exact) mass is 364 g/mol. The number of carbonyl (C=O) groups is 1. The summed E-state index contributed by atoms with van der Waals surface area (Å²) < 4.78 is 40.9. The van der Waals surface area contributed by atoms with E-state index in [1.54, 1.807) is 13.0 Å². The van der Waals surface area contributed by atoms with E-state index < -0.39 is 15.8 Å². The van der Waals surface area contributed by atoms with Crippen molar-refractivity contribution in [2.24, 2.45) is 5.92 Å². The van der Waals surface area contributed by atoms with Crippen LogP contribution in [0, 0.1) is 18.7 Å². The molecule has 0 heterocycles. The molecule has 0 atom stereocenters. The zero-order valence-electron chi connectivity index (χ0n) is 14.3. The molecule has 2 rings (SSSR count). The molecule has 5 nitrogen and oxygen atoms in total. The number of halogens is 1. The van der Waals surface area contributed by atoms with Gasteiger partial charge in [-0.1, -0.05) is 32.0 Å². The summed E-state index contributed by atoms with van der Waals surface area (Å²) >= 11 is 0. The number of carbonyl (C=O) groups excluding carboxylic acids is 1. The van der Waals surface area contributed by atoms with Crippen molar-refractivity contribution >= 4 is 21.6 Å². The molecule has 134 valence electrons. The fourth-order valence-corrected chi connectivity index (χ4v) is 3.25. The van der Waals surface area contributed by atoms with Crippen molar-refractivity contribution < 1.29 is 17.6 Å². The molecule has 0 unspecified atom stereocenters. The van der Waals surface area contributed by atoms with Crippen LogP contribution in [0.1, 0.15) is 29.8 Å². The number of anilines is 1. The van der Waals surface area contributed by atoms with Gasteiger partial charge in [-0.3, -0.25) is 9.52 Å². The van der Waals surface area contributed by atoms with Crippen LogP contribution in [-0.2, 0) is 10.0 Å². The summed E-state index contributed by atoms with van der Waals surface area (Å²) in [6, 6.07) is 9.73. The highest BCUT2D eigenvalue weighted by molar-refractivity contribution is 7.92. The Bertz CT molecular complexity index is 880. The zero-order chi connectivity index (χ0) is 18.6. The van der Waals surface area contributed by atoms with E-state index in [1.165, 1.54) is 30.3 Å². The first-order valence-electron chi connectivity index (χ1n) is 7.87. The Hall–Kier alpha value is -2.41. The first kappa shape index (κ1) is 18.9. The van der Waals surface area contributed by atoms with Gasteiger partial charge in [0, 0.05) is 12.1 Å². The number of rotatable bonds is 6. The van der Waals surface area contributed by atoms with Crippen LogP contribution in [0.4, 0.5) is 10.1 Å². The second-order valence-electron chi connectivity index (χ2n) is 6.17. The molecule has 0 aliphatic heterocycles. The highest BCUT2D eigenvalue weighted by atomic mass is 32.2. The smallest absolute Gasteiger partial charge is 0.262 e.